The number of hydrogen-bond donors (Lipinski definition) is 0. The second-order valence-electron chi connectivity index (χ2n) is 6.49. The van der Waals surface area contributed by atoms with E-state index in [0.717, 1.165) is 29.5 Å². The molecule has 27 heavy (non-hydrogen) atoms. The predicted octanol–water partition coefficient (Wildman–Crippen LogP) is 2.66. The van der Waals surface area contributed by atoms with Crippen molar-refractivity contribution in [2.75, 3.05) is 39.3 Å². The molecule has 0 atom stereocenters. The van der Waals surface area contributed by atoms with Gasteiger partial charge in [-0.3, -0.25) is 4.90 Å². The summed E-state index contributed by atoms with van der Waals surface area (Å²) < 4.78 is 59.3. The van der Waals surface area contributed by atoms with Crippen molar-refractivity contribution >= 4 is 10.0 Å². The molecule has 1 heterocycles. The Kier molecular flexibility index (Phi) is 6.08. The third-order valence-corrected chi connectivity index (χ3v) is 6.42. The van der Waals surface area contributed by atoms with Crippen molar-refractivity contribution in [1.29, 1.82) is 0 Å². The highest BCUT2D eigenvalue weighted by Crippen LogP contribution is 2.21. The Labute approximate surface area is 158 Å². The molecule has 1 fully saturated rings. The number of benzene rings is 2. The number of nitrogens with zero attached hydrogens (tertiary/aromatic N) is 2. The van der Waals surface area contributed by atoms with Crippen molar-refractivity contribution in [3.8, 4) is 5.75 Å². The number of aryl methyl sites for hydroxylation is 1. The van der Waals surface area contributed by atoms with E-state index in [4.69, 9.17) is 4.74 Å². The first-order valence-corrected chi connectivity index (χ1v) is 10.2. The molecule has 0 unspecified atom stereocenters. The van der Waals surface area contributed by atoms with Gasteiger partial charge in [0.05, 0.1) is 0 Å². The van der Waals surface area contributed by atoms with Gasteiger partial charge < -0.3 is 4.74 Å². The molecular weight excluding hydrogens is 374 g/mol. The summed E-state index contributed by atoms with van der Waals surface area (Å²) in [5, 5.41) is 0. The summed E-state index contributed by atoms with van der Waals surface area (Å²) in [6, 6.07) is 10.2. The Balaban J connectivity index is 1.53. The topological polar surface area (TPSA) is 49.9 Å². The van der Waals surface area contributed by atoms with Crippen molar-refractivity contribution in [3.05, 3.63) is 59.7 Å². The van der Waals surface area contributed by atoms with Crippen molar-refractivity contribution in [2.24, 2.45) is 0 Å². The molecule has 5 nitrogen and oxygen atoms in total. The molecule has 146 valence electrons. The number of ether oxygens (including phenoxy) is 1. The zero-order valence-electron chi connectivity index (χ0n) is 15.1. The fourth-order valence-electron chi connectivity index (χ4n) is 3.01. The molecule has 2 aromatic rings. The largest absolute Gasteiger partial charge is 0.492 e. The number of sulfonamides is 1. The Morgan fingerprint density at radius 3 is 2.48 bits per heavy atom. The Hall–Kier alpha value is -2.03. The van der Waals surface area contributed by atoms with Crippen LogP contribution in [0.4, 0.5) is 8.78 Å². The number of rotatable bonds is 6. The minimum atomic E-state index is -4.05. The summed E-state index contributed by atoms with van der Waals surface area (Å²) in [4.78, 5) is 1.47. The smallest absolute Gasteiger partial charge is 0.246 e. The second kappa shape index (κ2) is 8.33. The maximum atomic E-state index is 13.9. The average Bonchev–Trinajstić information content (AvgIpc) is 2.64. The van der Waals surface area contributed by atoms with Gasteiger partial charge in [-0.2, -0.15) is 4.31 Å². The molecule has 0 spiro atoms. The van der Waals surface area contributed by atoms with Crippen molar-refractivity contribution < 1.29 is 21.9 Å². The summed E-state index contributed by atoms with van der Waals surface area (Å²) in [5.74, 6) is -0.912. The molecule has 8 heteroatoms. The van der Waals surface area contributed by atoms with E-state index in [0.29, 0.717) is 26.2 Å². The van der Waals surface area contributed by atoms with Crippen molar-refractivity contribution in [1.82, 2.24) is 9.21 Å². The number of piperazine rings is 1. The Bertz CT molecular complexity index is 898. The van der Waals surface area contributed by atoms with E-state index in [-0.39, 0.29) is 13.1 Å². The molecule has 1 saturated heterocycles. The van der Waals surface area contributed by atoms with Crippen molar-refractivity contribution in [2.45, 2.75) is 11.8 Å². The molecule has 0 amide bonds. The van der Waals surface area contributed by atoms with Gasteiger partial charge in [-0.15, -0.1) is 0 Å². The standard InChI is InChI=1S/C19H22F2N2O3S/c1-15-3-2-4-17(13-15)26-12-11-22-7-9-23(10-8-22)27(24,25)19-14-16(20)5-6-18(19)21/h2-6,13-14H,7-12H2,1H3. The zero-order chi connectivity index (χ0) is 19.4. The van der Waals surface area contributed by atoms with Crippen LogP contribution in [0.3, 0.4) is 0 Å². The highest BCUT2D eigenvalue weighted by molar-refractivity contribution is 7.89. The van der Waals surface area contributed by atoms with Crippen LogP contribution in [0, 0.1) is 18.6 Å². The lowest BCUT2D eigenvalue weighted by Crippen LogP contribution is -2.49. The van der Waals surface area contributed by atoms with Gasteiger partial charge in [0.1, 0.15) is 28.9 Å². The Morgan fingerprint density at radius 1 is 1.04 bits per heavy atom. The van der Waals surface area contributed by atoms with Crippen LogP contribution >= 0.6 is 0 Å². The molecule has 3 rings (SSSR count). The van der Waals surface area contributed by atoms with Gasteiger partial charge >= 0.3 is 0 Å². The number of hydrogen-bond acceptors (Lipinski definition) is 4. The van der Waals surface area contributed by atoms with Crippen LogP contribution in [0.25, 0.3) is 0 Å². The lowest BCUT2D eigenvalue weighted by atomic mass is 10.2. The van der Waals surface area contributed by atoms with Gasteiger partial charge in [-0.05, 0) is 42.8 Å². The zero-order valence-corrected chi connectivity index (χ0v) is 15.9. The van der Waals surface area contributed by atoms with Crippen LogP contribution in [0.5, 0.6) is 5.75 Å². The van der Waals surface area contributed by atoms with Crippen molar-refractivity contribution in [3.63, 3.8) is 0 Å². The molecule has 0 radical (unpaired) electrons. The normalized spacial score (nSPS) is 16.4. The van der Waals surface area contributed by atoms with Gasteiger partial charge in [0.15, 0.2) is 0 Å². The molecule has 0 aromatic heterocycles. The average molecular weight is 396 g/mol. The van der Waals surface area contributed by atoms with Gasteiger partial charge in [0.25, 0.3) is 0 Å². The fraction of sp³-hybridized carbons (Fsp3) is 0.368. The third-order valence-electron chi connectivity index (χ3n) is 4.51. The molecule has 0 aliphatic carbocycles. The SMILES string of the molecule is Cc1cccc(OCCN2CCN(S(=O)(=O)c3cc(F)ccc3F)CC2)c1. The maximum Gasteiger partial charge on any atom is 0.246 e. The van der Waals surface area contributed by atoms with Gasteiger partial charge in [0.2, 0.25) is 10.0 Å². The van der Waals surface area contributed by atoms with E-state index >= 15 is 0 Å². The predicted molar refractivity (Wildman–Crippen MR) is 98.2 cm³/mol. The van der Waals surface area contributed by atoms with Crippen LogP contribution in [0.15, 0.2) is 47.4 Å². The van der Waals surface area contributed by atoms with E-state index in [2.05, 4.69) is 4.90 Å². The minimum Gasteiger partial charge on any atom is -0.492 e. The molecule has 0 N–H and O–H groups in total. The van der Waals surface area contributed by atoms with E-state index in [1.807, 2.05) is 31.2 Å². The van der Waals surface area contributed by atoms with E-state index < -0.39 is 26.6 Å². The number of halogens is 2. The molecule has 0 bridgehead atoms. The summed E-state index contributed by atoms with van der Waals surface area (Å²) in [5.41, 5.74) is 1.12. The maximum absolute atomic E-state index is 13.9. The summed E-state index contributed by atoms with van der Waals surface area (Å²) in [6.45, 7) is 4.62. The van der Waals surface area contributed by atoms with Crippen LogP contribution in [0.1, 0.15) is 5.56 Å². The first-order valence-electron chi connectivity index (χ1n) is 8.73. The molecule has 1 aliphatic heterocycles. The van der Waals surface area contributed by atoms with Gasteiger partial charge in [-0.1, -0.05) is 12.1 Å². The fourth-order valence-corrected chi connectivity index (χ4v) is 4.50. The molecular formula is C19H22F2N2O3S. The highest BCUT2D eigenvalue weighted by Gasteiger charge is 2.30. The van der Waals surface area contributed by atoms with E-state index in [1.165, 1.54) is 4.31 Å². The molecule has 2 aromatic carbocycles. The van der Waals surface area contributed by atoms with Crippen LogP contribution < -0.4 is 4.74 Å². The quantitative estimate of drug-likeness (QED) is 0.753. The minimum absolute atomic E-state index is 0.225. The van der Waals surface area contributed by atoms with Gasteiger partial charge in [0, 0.05) is 32.7 Å². The lowest BCUT2D eigenvalue weighted by Gasteiger charge is -2.33. The van der Waals surface area contributed by atoms with E-state index in [9.17, 15) is 17.2 Å². The Morgan fingerprint density at radius 2 is 1.78 bits per heavy atom. The van der Waals surface area contributed by atoms with Crippen LogP contribution in [-0.4, -0.2) is 57.0 Å². The summed E-state index contributed by atoms with van der Waals surface area (Å²) >= 11 is 0. The summed E-state index contributed by atoms with van der Waals surface area (Å²) in [6.07, 6.45) is 0. The molecule has 1 aliphatic rings. The van der Waals surface area contributed by atoms with E-state index in [1.54, 1.807) is 0 Å². The molecule has 0 saturated carbocycles. The third kappa shape index (κ3) is 4.82. The first kappa shape index (κ1) is 19.7. The van der Waals surface area contributed by atoms with Crippen LogP contribution in [-0.2, 0) is 10.0 Å². The lowest BCUT2D eigenvalue weighted by molar-refractivity contribution is 0.158. The highest BCUT2D eigenvalue weighted by atomic mass is 32.2. The summed E-state index contributed by atoms with van der Waals surface area (Å²) in [7, 11) is -4.05. The van der Waals surface area contributed by atoms with Crippen LogP contribution in [0.2, 0.25) is 0 Å². The first-order chi connectivity index (χ1) is 12.9. The monoisotopic (exact) mass is 396 g/mol. The second-order valence-corrected chi connectivity index (χ2v) is 8.39. The van der Waals surface area contributed by atoms with Gasteiger partial charge in [-0.25, -0.2) is 17.2 Å².